The molecule has 1 amide bonds. The second kappa shape index (κ2) is 6.60. The van der Waals surface area contributed by atoms with Crippen LogP contribution in [-0.2, 0) is 18.4 Å². The van der Waals surface area contributed by atoms with Crippen molar-refractivity contribution in [2.45, 2.75) is 26.8 Å². The molecule has 0 spiro atoms. The topological polar surface area (TPSA) is 73.1 Å². The van der Waals surface area contributed by atoms with Crippen molar-refractivity contribution in [1.29, 1.82) is 0 Å². The van der Waals surface area contributed by atoms with Crippen LogP contribution in [0.4, 0.5) is 0 Å². The number of para-hydroxylation sites is 2. The smallest absolute Gasteiger partial charge is 0.317 e. The number of carbonyl (C=O) groups is 1. The van der Waals surface area contributed by atoms with Gasteiger partial charge in [-0.15, -0.1) is 0 Å². The maximum Gasteiger partial charge on any atom is 0.317 e. The van der Waals surface area contributed by atoms with Gasteiger partial charge in [-0.2, -0.15) is 0 Å². The highest BCUT2D eigenvalue weighted by molar-refractivity contribution is 5.80. The molecule has 2 rings (SSSR count). The van der Waals surface area contributed by atoms with E-state index in [1.807, 2.05) is 0 Å². The number of hydrogen-bond donors (Lipinski definition) is 1. The number of nitrogens with one attached hydrogen (secondary N) is 1. The van der Waals surface area contributed by atoms with Crippen LogP contribution >= 0.6 is 0 Å². The van der Waals surface area contributed by atoms with Gasteiger partial charge in [0.1, 0.15) is 6.54 Å². The van der Waals surface area contributed by atoms with Crippen LogP contribution in [0.1, 0.15) is 20.3 Å². The van der Waals surface area contributed by atoms with Gasteiger partial charge in [-0.1, -0.05) is 26.0 Å². The van der Waals surface area contributed by atoms with E-state index in [9.17, 15) is 14.4 Å². The summed E-state index contributed by atoms with van der Waals surface area (Å²) in [6, 6.07) is 7.06. The van der Waals surface area contributed by atoms with Gasteiger partial charge in [0.25, 0.3) is 0 Å². The second-order valence-electron chi connectivity index (χ2n) is 5.78. The van der Waals surface area contributed by atoms with Crippen LogP contribution in [0, 0.1) is 5.92 Å². The lowest BCUT2D eigenvalue weighted by molar-refractivity contribution is -0.121. The molecule has 1 heterocycles. The van der Waals surface area contributed by atoms with E-state index in [1.165, 1.54) is 9.13 Å². The molecule has 6 nitrogen and oxygen atoms in total. The van der Waals surface area contributed by atoms with E-state index in [0.29, 0.717) is 23.5 Å². The number of amides is 1. The summed E-state index contributed by atoms with van der Waals surface area (Å²) < 4.78 is 2.55. The van der Waals surface area contributed by atoms with Crippen LogP contribution in [0.25, 0.3) is 11.0 Å². The molecule has 0 aliphatic heterocycles. The Labute approximate surface area is 128 Å². The van der Waals surface area contributed by atoms with Crippen LogP contribution in [0.15, 0.2) is 33.9 Å². The van der Waals surface area contributed by atoms with Crippen molar-refractivity contribution in [1.82, 2.24) is 14.5 Å². The minimum atomic E-state index is -0.680. The summed E-state index contributed by atoms with van der Waals surface area (Å²) in [6.07, 6.45) is 0.873. The number of rotatable bonds is 5. The summed E-state index contributed by atoms with van der Waals surface area (Å²) in [5, 5.41) is 2.78. The molecule has 1 aromatic carbocycles. The van der Waals surface area contributed by atoms with Crippen molar-refractivity contribution in [2.75, 3.05) is 6.54 Å². The van der Waals surface area contributed by atoms with Crippen LogP contribution in [0.2, 0.25) is 0 Å². The molecule has 0 atom stereocenters. The molecule has 6 heteroatoms. The Morgan fingerprint density at radius 3 is 2.41 bits per heavy atom. The number of hydrogen-bond acceptors (Lipinski definition) is 3. The third-order valence-corrected chi connectivity index (χ3v) is 3.61. The van der Waals surface area contributed by atoms with Gasteiger partial charge in [-0.3, -0.25) is 19.0 Å². The van der Waals surface area contributed by atoms with Gasteiger partial charge in [0, 0.05) is 13.6 Å². The molecule has 0 saturated heterocycles. The van der Waals surface area contributed by atoms with E-state index in [4.69, 9.17) is 0 Å². The lowest BCUT2D eigenvalue weighted by Crippen LogP contribution is -2.43. The van der Waals surface area contributed by atoms with Gasteiger partial charge in [0.2, 0.25) is 5.91 Å². The first-order valence-corrected chi connectivity index (χ1v) is 7.37. The number of nitrogens with zero attached hydrogens (tertiary/aromatic N) is 2. The third-order valence-electron chi connectivity index (χ3n) is 3.61. The van der Waals surface area contributed by atoms with Crippen molar-refractivity contribution < 1.29 is 4.79 Å². The van der Waals surface area contributed by atoms with Crippen molar-refractivity contribution in [2.24, 2.45) is 13.0 Å². The van der Waals surface area contributed by atoms with Crippen LogP contribution < -0.4 is 16.4 Å². The van der Waals surface area contributed by atoms with Crippen molar-refractivity contribution in [3.63, 3.8) is 0 Å². The normalized spacial score (nSPS) is 11.1. The van der Waals surface area contributed by atoms with Gasteiger partial charge in [0.15, 0.2) is 0 Å². The van der Waals surface area contributed by atoms with Crippen molar-refractivity contribution >= 4 is 16.9 Å². The SMILES string of the molecule is CC(C)CCNC(=O)Cn1c(=O)c(=O)n(C)c2ccccc21. The zero-order valence-corrected chi connectivity index (χ0v) is 13.1. The van der Waals surface area contributed by atoms with E-state index in [2.05, 4.69) is 19.2 Å². The molecule has 22 heavy (non-hydrogen) atoms. The van der Waals surface area contributed by atoms with Crippen molar-refractivity contribution in [3.05, 3.63) is 45.0 Å². The zero-order chi connectivity index (χ0) is 16.3. The van der Waals surface area contributed by atoms with Gasteiger partial charge in [-0.25, -0.2) is 0 Å². The highest BCUT2D eigenvalue weighted by atomic mass is 16.2. The van der Waals surface area contributed by atoms with E-state index in [-0.39, 0.29) is 12.5 Å². The molecular formula is C16H21N3O3. The summed E-state index contributed by atoms with van der Waals surface area (Å²) in [6.45, 7) is 4.57. The van der Waals surface area contributed by atoms with E-state index < -0.39 is 11.1 Å². The first-order chi connectivity index (χ1) is 10.4. The number of carbonyl (C=O) groups excluding carboxylic acids is 1. The first-order valence-electron chi connectivity index (χ1n) is 7.37. The fourth-order valence-electron chi connectivity index (χ4n) is 2.31. The Morgan fingerprint density at radius 1 is 1.14 bits per heavy atom. The Hall–Kier alpha value is -2.37. The third kappa shape index (κ3) is 3.27. The summed E-state index contributed by atoms with van der Waals surface area (Å²) in [5.74, 6) is 0.231. The van der Waals surface area contributed by atoms with Crippen LogP contribution in [-0.4, -0.2) is 21.6 Å². The summed E-state index contributed by atoms with van der Waals surface area (Å²) in [4.78, 5) is 36.2. The molecule has 118 valence electrons. The lowest BCUT2D eigenvalue weighted by atomic mass is 10.1. The number of aryl methyl sites for hydroxylation is 1. The van der Waals surface area contributed by atoms with E-state index in [1.54, 1.807) is 31.3 Å². The fourth-order valence-corrected chi connectivity index (χ4v) is 2.31. The molecule has 0 bridgehead atoms. The van der Waals surface area contributed by atoms with Crippen LogP contribution in [0.3, 0.4) is 0 Å². The van der Waals surface area contributed by atoms with E-state index in [0.717, 1.165) is 6.42 Å². The predicted molar refractivity (Wildman–Crippen MR) is 85.9 cm³/mol. The largest absolute Gasteiger partial charge is 0.355 e. The molecule has 0 saturated carbocycles. The Balaban J connectivity index is 2.34. The molecule has 0 aliphatic carbocycles. The predicted octanol–water partition coefficient (Wildman–Crippen LogP) is 0.863. The molecule has 0 radical (unpaired) electrons. The van der Waals surface area contributed by atoms with Crippen molar-refractivity contribution in [3.8, 4) is 0 Å². The summed E-state index contributed by atoms with van der Waals surface area (Å²) in [5.41, 5.74) is -0.107. The second-order valence-corrected chi connectivity index (χ2v) is 5.78. The average molecular weight is 303 g/mol. The monoisotopic (exact) mass is 303 g/mol. The Kier molecular flexibility index (Phi) is 4.80. The van der Waals surface area contributed by atoms with Crippen LogP contribution in [0.5, 0.6) is 0 Å². The molecular weight excluding hydrogens is 282 g/mol. The Bertz CT molecular complexity index is 802. The molecule has 1 aromatic heterocycles. The molecule has 0 fully saturated rings. The molecule has 2 aromatic rings. The maximum atomic E-state index is 12.2. The standard InChI is InChI=1S/C16H21N3O3/c1-11(2)8-9-17-14(20)10-19-13-7-5-4-6-12(13)18(3)15(21)16(19)22/h4-7,11H,8-10H2,1-3H3,(H,17,20). The minimum absolute atomic E-state index is 0.145. The highest BCUT2D eigenvalue weighted by Crippen LogP contribution is 2.08. The minimum Gasteiger partial charge on any atom is -0.355 e. The zero-order valence-electron chi connectivity index (χ0n) is 13.1. The lowest BCUT2D eigenvalue weighted by Gasteiger charge is -2.13. The quantitative estimate of drug-likeness (QED) is 0.833. The summed E-state index contributed by atoms with van der Waals surface area (Å²) >= 11 is 0. The van der Waals surface area contributed by atoms with Gasteiger partial charge < -0.3 is 9.88 Å². The van der Waals surface area contributed by atoms with Gasteiger partial charge in [-0.05, 0) is 24.5 Å². The highest BCUT2D eigenvalue weighted by Gasteiger charge is 2.13. The first kappa shape index (κ1) is 16.0. The molecule has 1 N–H and O–H groups in total. The number of aromatic nitrogens is 2. The maximum absolute atomic E-state index is 12.2. The summed E-state index contributed by atoms with van der Waals surface area (Å²) in [7, 11) is 1.55. The molecule has 0 aliphatic rings. The fraction of sp³-hybridized carbons (Fsp3) is 0.438. The van der Waals surface area contributed by atoms with Gasteiger partial charge in [0.05, 0.1) is 11.0 Å². The number of fused-ring (bicyclic) bond motifs is 1. The van der Waals surface area contributed by atoms with E-state index >= 15 is 0 Å². The van der Waals surface area contributed by atoms with Gasteiger partial charge >= 0.3 is 11.1 Å². The Morgan fingerprint density at radius 2 is 1.77 bits per heavy atom. The number of benzene rings is 1. The molecule has 0 unspecified atom stereocenters. The average Bonchev–Trinajstić information content (AvgIpc) is 2.49.